The smallest absolute Gasteiger partial charge is 0.332 e. The van der Waals surface area contributed by atoms with Crippen LogP contribution in [0.3, 0.4) is 0 Å². The van der Waals surface area contributed by atoms with Crippen molar-refractivity contribution in [3.63, 3.8) is 0 Å². The quantitative estimate of drug-likeness (QED) is 0.884. The summed E-state index contributed by atoms with van der Waals surface area (Å²) in [5.41, 5.74) is 0.228. The van der Waals surface area contributed by atoms with E-state index in [-0.39, 0.29) is 11.6 Å². The van der Waals surface area contributed by atoms with Gasteiger partial charge in [-0.2, -0.15) is 5.26 Å². The molecule has 1 N–H and O–H groups in total. The highest BCUT2D eigenvalue weighted by Gasteiger charge is 2.25. The molecule has 1 aliphatic rings. The van der Waals surface area contributed by atoms with E-state index < -0.39 is 11.2 Å². The van der Waals surface area contributed by atoms with Crippen LogP contribution in [0, 0.1) is 11.3 Å². The van der Waals surface area contributed by atoms with Gasteiger partial charge in [-0.1, -0.05) is 30.3 Å². The largest absolute Gasteiger partial charge is 0.366 e. The van der Waals surface area contributed by atoms with Crippen LogP contribution >= 0.6 is 0 Å². The lowest BCUT2D eigenvalue weighted by atomic mass is 10.2. The summed E-state index contributed by atoms with van der Waals surface area (Å²) in [5.74, 6) is 0.308. The number of nitrogens with one attached hydrogen (secondary N) is 1. The maximum absolute atomic E-state index is 12.1. The van der Waals surface area contributed by atoms with Gasteiger partial charge in [0.15, 0.2) is 5.56 Å². The van der Waals surface area contributed by atoms with Crippen molar-refractivity contribution in [1.29, 1.82) is 5.26 Å². The third-order valence-corrected chi connectivity index (χ3v) is 4.64. The van der Waals surface area contributed by atoms with Gasteiger partial charge >= 0.3 is 5.69 Å². The number of hydrogen-bond acceptors (Lipinski definition) is 5. The second-order valence-electron chi connectivity index (χ2n) is 6.39. The summed E-state index contributed by atoms with van der Waals surface area (Å²) in [6.07, 6.45) is 0.890. The number of likely N-dealkylation sites (tertiary alicyclic amines) is 1. The Morgan fingerprint density at radius 3 is 2.60 bits per heavy atom. The first-order valence-electron chi connectivity index (χ1n) is 8.24. The Balaban J connectivity index is 1.77. The van der Waals surface area contributed by atoms with Gasteiger partial charge in [0.1, 0.15) is 11.9 Å². The zero-order valence-electron chi connectivity index (χ0n) is 14.4. The van der Waals surface area contributed by atoms with Crippen molar-refractivity contribution in [2.75, 3.05) is 18.4 Å². The van der Waals surface area contributed by atoms with E-state index >= 15 is 0 Å². The van der Waals surface area contributed by atoms with Crippen LogP contribution in [0.15, 0.2) is 39.9 Å². The average Bonchev–Trinajstić information content (AvgIpc) is 3.06. The van der Waals surface area contributed by atoms with Crippen LogP contribution < -0.4 is 16.6 Å². The molecular formula is C18H21N5O2. The van der Waals surface area contributed by atoms with E-state index in [9.17, 15) is 14.9 Å². The molecule has 0 radical (unpaired) electrons. The highest BCUT2D eigenvalue weighted by Crippen LogP contribution is 2.18. The summed E-state index contributed by atoms with van der Waals surface area (Å²) in [4.78, 5) is 26.6. The monoisotopic (exact) mass is 339 g/mol. The van der Waals surface area contributed by atoms with Crippen molar-refractivity contribution in [2.45, 2.75) is 19.0 Å². The topological polar surface area (TPSA) is 83.1 Å². The van der Waals surface area contributed by atoms with Crippen molar-refractivity contribution in [3.8, 4) is 6.07 Å². The van der Waals surface area contributed by atoms with Crippen molar-refractivity contribution >= 4 is 5.82 Å². The Labute approximate surface area is 145 Å². The lowest BCUT2D eigenvalue weighted by molar-refractivity contribution is 0.328. The molecule has 25 heavy (non-hydrogen) atoms. The maximum Gasteiger partial charge on any atom is 0.332 e. The first-order valence-corrected chi connectivity index (χ1v) is 8.24. The molecule has 0 unspecified atom stereocenters. The molecule has 1 aliphatic heterocycles. The van der Waals surface area contributed by atoms with Gasteiger partial charge in [0, 0.05) is 39.8 Å². The van der Waals surface area contributed by atoms with E-state index in [1.165, 1.54) is 17.2 Å². The molecule has 1 saturated heterocycles. The summed E-state index contributed by atoms with van der Waals surface area (Å²) in [6, 6.07) is 12.3. The van der Waals surface area contributed by atoms with Crippen molar-refractivity contribution in [2.24, 2.45) is 14.1 Å². The van der Waals surface area contributed by atoms with Crippen LogP contribution in [0.4, 0.5) is 5.82 Å². The van der Waals surface area contributed by atoms with Gasteiger partial charge in [0.25, 0.3) is 5.56 Å². The Morgan fingerprint density at radius 1 is 1.20 bits per heavy atom. The number of rotatable bonds is 4. The van der Waals surface area contributed by atoms with Crippen LogP contribution in [-0.2, 0) is 20.6 Å². The number of benzene rings is 1. The molecule has 1 fully saturated rings. The first-order chi connectivity index (χ1) is 12.0. The molecule has 2 heterocycles. The van der Waals surface area contributed by atoms with Gasteiger partial charge in [0.2, 0.25) is 0 Å². The first kappa shape index (κ1) is 17.0. The lowest BCUT2D eigenvalue weighted by Gasteiger charge is -2.19. The van der Waals surface area contributed by atoms with Crippen LogP contribution in [-0.4, -0.2) is 33.2 Å². The molecule has 1 aromatic heterocycles. The predicted octanol–water partition coefficient (Wildman–Crippen LogP) is 0.642. The molecule has 2 aromatic rings. The van der Waals surface area contributed by atoms with Gasteiger partial charge < -0.3 is 5.32 Å². The zero-order chi connectivity index (χ0) is 18.0. The normalized spacial score (nSPS) is 17.4. The molecule has 7 nitrogen and oxygen atoms in total. The summed E-state index contributed by atoms with van der Waals surface area (Å²) in [7, 11) is 2.95. The number of nitrogens with zero attached hydrogens (tertiary/aromatic N) is 4. The zero-order valence-corrected chi connectivity index (χ0v) is 14.4. The van der Waals surface area contributed by atoms with Crippen molar-refractivity contribution in [1.82, 2.24) is 14.0 Å². The van der Waals surface area contributed by atoms with E-state index in [4.69, 9.17) is 0 Å². The standard InChI is InChI=1S/C18H21N5O2/c1-21-16(15(10-19)17(24)22(2)18(21)25)20-14-8-9-23(12-14)11-13-6-4-3-5-7-13/h3-7,14,20H,8-9,11-12H2,1-2H3/t14-/m0/s1. The predicted molar refractivity (Wildman–Crippen MR) is 95.4 cm³/mol. The fraction of sp³-hybridized carbons (Fsp3) is 0.389. The van der Waals surface area contributed by atoms with E-state index in [0.29, 0.717) is 5.82 Å². The van der Waals surface area contributed by atoms with E-state index in [1.54, 1.807) is 7.05 Å². The molecule has 130 valence electrons. The number of nitriles is 1. The van der Waals surface area contributed by atoms with Crippen LogP contribution in [0.2, 0.25) is 0 Å². The Morgan fingerprint density at radius 2 is 1.92 bits per heavy atom. The lowest BCUT2D eigenvalue weighted by Crippen LogP contribution is -2.41. The van der Waals surface area contributed by atoms with Crippen LogP contribution in [0.5, 0.6) is 0 Å². The summed E-state index contributed by atoms with van der Waals surface area (Å²) < 4.78 is 2.29. The van der Waals surface area contributed by atoms with Crippen molar-refractivity contribution in [3.05, 3.63) is 62.3 Å². The highest BCUT2D eigenvalue weighted by molar-refractivity contribution is 5.52. The minimum atomic E-state index is -0.563. The molecule has 1 atom stereocenters. The molecule has 1 aromatic carbocycles. The number of anilines is 1. The molecular weight excluding hydrogens is 318 g/mol. The van der Waals surface area contributed by atoms with Gasteiger partial charge in [-0.3, -0.25) is 18.8 Å². The fourth-order valence-electron chi connectivity index (χ4n) is 3.24. The summed E-state index contributed by atoms with van der Waals surface area (Å²) in [5, 5.41) is 12.6. The van der Waals surface area contributed by atoms with Gasteiger partial charge in [0.05, 0.1) is 0 Å². The molecule has 0 bridgehead atoms. The third kappa shape index (κ3) is 3.35. The molecule has 7 heteroatoms. The van der Waals surface area contributed by atoms with E-state index in [1.807, 2.05) is 24.3 Å². The van der Waals surface area contributed by atoms with Gasteiger partial charge in [-0.05, 0) is 12.0 Å². The van der Waals surface area contributed by atoms with Crippen LogP contribution in [0.1, 0.15) is 17.5 Å². The fourth-order valence-corrected chi connectivity index (χ4v) is 3.24. The second kappa shape index (κ2) is 6.95. The third-order valence-electron chi connectivity index (χ3n) is 4.64. The molecule has 3 rings (SSSR count). The van der Waals surface area contributed by atoms with Crippen molar-refractivity contribution < 1.29 is 0 Å². The van der Waals surface area contributed by atoms with Gasteiger partial charge in [-0.25, -0.2) is 4.79 Å². The number of aromatic nitrogens is 2. The van der Waals surface area contributed by atoms with Crippen LogP contribution in [0.25, 0.3) is 0 Å². The second-order valence-corrected chi connectivity index (χ2v) is 6.39. The molecule has 0 spiro atoms. The minimum Gasteiger partial charge on any atom is -0.366 e. The minimum absolute atomic E-state index is 0.0221. The molecule has 0 aliphatic carbocycles. The highest BCUT2D eigenvalue weighted by atomic mass is 16.2. The Hall–Kier alpha value is -2.85. The summed E-state index contributed by atoms with van der Waals surface area (Å²) >= 11 is 0. The summed E-state index contributed by atoms with van der Waals surface area (Å²) in [6.45, 7) is 2.58. The Kier molecular flexibility index (Phi) is 4.72. The van der Waals surface area contributed by atoms with Gasteiger partial charge in [-0.15, -0.1) is 0 Å². The molecule has 0 saturated carbocycles. The maximum atomic E-state index is 12.1. The average molecular weight is 339 g/mol. The Bertz CT molecular complexity index is 923. The molecule has 0 amide bonds. The number of hydrogen-bond donors (Lipinski definition) is 1. The van der Waals surface area contributed by atoms with E-state index in [2.05, 4.69) is 22.3 Å². The SMILES string of the molecule is Cn1c(N[C@H]2CCN(Cc3ccccc3)C2)c(C#N)c(=O)n(C)c1=O. The van der Waals surface area contributed by atoms with E-state index in [0.717, 1.165) is 30.6 Å².